The molecule has 0 saturated carbocycles. The van der Waals surface area contributed by atoms with E-state index in [9.17, 15) is 4.79 Å². The van der Waals surface area contributed by atoms with Crippen molar-refractivity contribution in [3.63, 3.8) is 0 Å². The number of nitriles is 1. The van der Waals surface area contributed by atoms with Gasteiger partial charge in [0.25, 0.3) is 0 Å². The summed E-state index contributed by atoms with van der Waals surface area (Å²) in [6.07, 6.45) is -0.0329. The number of anilines is 1. The number of nitrogens with two attached hydrogens (primary N) is 1. The highest BCUT2D eigenvalue weighted by molar-refractivity contribution is 5.79. The zero-order chi connectivity index (χ0) is 21.6. The van der Waals surface area contributed by atoms with Gasteiger partial charge in [-0.1, -0.05) is 60.4 Å². The molecule has 0 saturated heterocycles. The summed E-state index contributed by atoms with van der Waals surface area (Å²) in [6, 6.07) is 23.5. The molecule has 0 bridgehead atoms. The second-order valence-electron chi connectivity index (χ2n) is 7.22. The standard InChI is InChI=1S/C26H21N3O2/c27-16-19-12-13-20(28)15-18(19)7-5-6-14-29-26(30)31-17-25-23-10-3-1-8-21(23)22-9-2-4-11-24(22)25/h1-4,8-13,15,25H,6,14,17,28H2,(H,29,30). The number of amides is 1. The molecular formula is C26H21N3O2. The number of carbonyl (C=O) groups excluding carboxylic acids is 1. The number of hydrogen-bond donors (Lipinski definition) is 2. The van der Waals surface area contributed by atoms with Crippen LogP contribution in [0.5, 0.6) is 0 Å². The van der Waals surface area contributed by atoms with Gasteiger partial charge < -0.3 is 15.8 Å². The summed E-state index contributed by atoms with van der Waals surface area (Å²) < 4.78 is 5.50. The summed E-state index contributed by atoms with van der Waals surface area (Å²) in [5.41, 5.74) is 12.1. The average molecular weight is 407 g/mol. The van der Waals surface area contributed by atoms with E-state index in [0.29, 0.717) is 29.8 Å². The number of rotatable bonds is 4. The van der Waals surface area contributed by atoms with Crippen LogP contribution in [0.2, 0.25) is 0 Å². The van der Waals surface area contributed by atoms with Crippen LogP contribution >= 0.6 is 0 Å². The number of ether oxygens (including phenoxy) is 1. The normalized spacial score (nSPS) is 11.5. The van der Waals surface area contributed by atoms with Crippen molar-refractivity contribution < 1.29 is 9.53 Å². The molecule has 5 nitrogen and oxygen atoms in total. The summed E-state index contributed by atoms with van der Waals surface area (Å²) >= 11 is 0. The van der Waals surface area contributed by atoms with Crippen LogP contribution in [0, 0.1) is 23.2 Å². The zero-order valence-corrected chi connectivity index (χ0v) is 16.9. The summed E-state index contributed by atoms with van der Waals surface area (Å²) in [5.74, 6) is 5.92. The van der Waals surface area contributed by atoms with Crippen LogP contribution in [-0.2, 0) is 4.74 Å². The number of nitrogens with one attached hydrogen (secondary N) is 1. The minimum Gasteiger partial charge on any atom is -0.449 e. The molecule has 0 aliphatic heterocycles. The molecule has 0 aromatic heterocycles. The van der Waals surface area contributed by atoms with Gasteiger partial charge in [0.2, 0.25) is 0 Å². The maximum atomic E-state index is 12.2. The molecule has 1 aliphatic rings. The summed E-state index contributed by atoms with van der Waals surface area (Å²) in [4.78, 5) is 12.2. The van der Waals surface area contributed by atoms with Crippen LogP contribution in [0.4, 0.5) is 10.5 Å². The van der Waals surface area contributed by atoms with E-state index < -0.39 is 6.09 Å². The largest absolute Gasteiger partial charge is 0.449 e. The molecule has 0 atom stereocenters. The Bertz CT molecular complexity index is 1190. The van der Waals surface area contributed by atoms with E-state index in [1.807, 2.05) is 24.3 Å². The number of benzene rings is 3. The van der Waals surface area contributed by atoms with E-state index >= 15 is 0 Å². The average Bonchev–Trinajstić information content (AvgIpc) is 3.11. The van der Waals surface area contributed by atoms with Gasteiger partial charge in [0.15, 0.2) is 0 Å². The molecule has 0 heterocycles. The lowest BCUT2D eigenvalue weighted by molar-refractivity contribution is 0.143. The third-order valence-electron chi connectivity index (χ3n) is 5.25. The van der Waals surface area contributed by atoms with E-state index in [-0.39, 0.29) is 12.5 Å². The lowest BCUT2D eigenvalue weighted by Crippen LogP contribution is -2.26. The first kappa shape index (κ1) is 20.1. The SMILES string of the molecule is N#Cc1ccc(N)cc1C#CCCNC(=O)OCC1c2ccccc2-c2ccccc21. The Kier molecular flexibility index (Phi) is 5.87. The molecule has 0 spiro atoms. The molecule has 0 radical (unpaired) electrons. The van der Waals surface area contributed by atoms with E-state index in [0.717, 1.165) is 0 Å². The van der Waals surface area contributed by atoms with Crippen molar-refractivity contribution in [3.8, 4) is 29.0 Å². The van der Waals surface area contributed by atoms with Gasteiger partial charge in [-0.3, -0.25) is 0 Å². The maximum absolute atomic E-state index is 12.2. The molecule has 4 rings (SSSR count). The third kappa shape index (κ3) is 4.37. The second kappa shape index (κ2) is 9.07. The van der Waals surface area contributed by atoms with Crippen molar-refractivity contribution in [2.45, 2.75) is 12.3 Å². The Morgan fingerprint density at radius 1 is 1.00 bits per heavy atom. The smallest absolute Gasteiger partial charge is 0.407 e. The summed E-state index contributed by atoms with van der Waals surface area (Å²) in [6.45, 7) is 0.633. The van der Waals surface area contributed by atoms with Gasteiger partial charge in [-0.15, -0.1) is 0 Å². The lowest BCUT2D eigenvalue weighted by atomic mass is 9.98. The fraction of sp³-hybridized carbons (Fsp3) is 0.154. The Balaban J connectivity index is 1.31. The van der Waals surface area contributed by atoms with Crippen molar-refractivity contribution in [3.05, 3.63) is 89.0 Å². The number of nitrogen functional groups attached to an aromatic ring is 1. The van der Waals surface area contributed by atoms with E-state index in [1.54, 1.807) is 18.2 Å². The Labute approximate surface area is 181 Å². The van der Waals surface area contributed by atoms with Gasteiger partial charge in [-0.05, 0) is 40.5 Å². The molecule has 0 fully saturated rings. The monoisotopic (exact) mass is 407 g/mol. The van der Waals surface area contributed by atoms with Crippen LogP contribution < -0.4 is 11.1 Å². The Hall–Kier alpha value is -4.22. The fourth-order valence-electron chi connectivity index (χ4n) is 3.80. The number of alkyl carbamates (subject to hydrolysis) is 1. The third-order valence-corrected chi connectivity index (χ3v) is 5.25. The first-order valence-electron chi connectivity index (χ1n) is 10.0. The van der Waals surface area contributed by atoms with Gasteiger partial charge in [0.1, 0.15) is 12.7 Å². The van der Waals surface area contributed by atoms with Gasteiger partial charge in [0.05, 0.1) is 5.56 Å². The van der Waals surface area contributed by atoms with E-state index in [4.69, 9.17) is 15.7 Å². The van der Waals surface area contributed by atoms with Crippen LogP contribution in [0.25, 0.3) is 11.1 Å². The van der Waals surface area contributed by atoms with Gasteiger partial charge >= 0.3 is 6.09 Å². The molecule has 31 heavy (non-hydrogen) atoms. The minimum atomic E-state index is -0.467. The van der Waals surface area contributed by atoms with E-state index in [2.05, 4.69) is 47.5 Å². The van der Waals surface area contributed by atoms with Crippen LogP contribution in [-0.4, -0.2) is 19.2 Å². The molecule has 1 amide bonds. The highest BCUT2D eigenvalue weighted by Gasteiger charge is 2.28. The molecule has 152 valence electrons. The Morgan fingerprint density at radius 3 is 2.35 bits per heavy atom. The minimum absolute atomic E-state index is 0.0332. The van der Waals surface area contributed by atoms with Gasteiger partial charge in [0, 0.05) is 30.1 Å². The molecular weight excluding hydrogens is 386 g/mol. The van der Waals surface area contributed by atoms with Crippen molar-refractivity contribution in [1.29, 1.82) is 5.26 Å². The first-order chi connectivity index (χ1) is 15.2. The second-order valence-corrected chi connectivity index (χ2v) is 7.22. The molecule has 5 heteroatoms. The zero-order valence-electron chi connectivity index (χ0n) is 16.9. The van der Waals surface area contributed by atoms with Crippen LogP contribution in [0.1, 0.15) is 34.6 Å². The molecule has 3 N–H and O–H groups in total. The van der Waals surface area contributed by atoms with Gasteiger partial charge in [-0.25, -0.2) is 4.79 Å². The highest BCUT2D eigenvalue weighted by Crippen LogP contribution is 2.44. The van der Waals surface area contributed by atoms with Crippen molar-refractivity contribution in [2.24, 2.45) is 0 Å². The predicted molar refractivity (Wildman–Crippen MR) is 120 cm³/mol. The van der Waals surface area contributed by atoms with Crippen molar-refractivity contribution in [1.82, 2.24) is 5.32 Å². The Morgan fingerprint density at radius 2 is 1.68 bits per heavy atom. The van der Waals surface area contributed by atoms with Crippen molar-refractivity contribution >= 4 is 11.8 Å². The van der Waals surface area contributed by atoms with Gasteiger partial charge in [-0.2, -0.15) is 5.26 Å². The highest BCUT2D eigenvalue weighted by atomic mass is 16.5. The van der Waals surface area contributed by atoms with Crippen LogP contribution in [0.15, 0.2) is 66.7 Å². The molecule has 1 aliphatic carbocycles. The fourth-order valence-corrected chi connectivity index (χ4v) is 3.80. The van der Waals surface area contributed by atoms with Crippen LogP contribution in [0.3, 0.4) is 0 Å². The predicted octanol–water partition coefficient (Wildman–Crippen LogP) is 4.42. The quantitative estimate of drug-likeness (QED) is 0.381. The van der Waals surface area contributed by atoms with E-state index in [1.165, 1.54) is 22.3 Å². The lowest BCUT2D eigenvalue weighted by Gasteiger charge is -2.14. The summed E-state index contributed by atoms with van der Waals surface area (Å²) in [7, 11) is 0. The maximum Gasteiger partial charge on any atom is 0.407 e. The number of fused-ring (bicyclic) bond motifs is 3. The first-order valence-corrected chi connectivity index (χ1v) is 10.0. The number of hydrogen-bond acceptors (Lipinski definition) is 4. The molecule has 3 aromatic carbocycles. The molecule has 3 aromatic rings. The number of carbonyl (C=O) groups is 1. The summed E-state index contributed by atoms with van der Waals surface area (Å²) in [5, 5.41) is 11.9. The topological polar surface area (TPSA) is 88.1 Å². The van der Waals surface area contributed by atoms with Crippen molar-refractivity contribution in [2.75, 3.05) is 18.9 Å². The molecule has 0 unspecified atom stereocenters. The number of nitrogens with zero attached hydrogens (tertiary/aromatic N) is 1.